The lowest BCUT2D eigenvalue weighted by molar-refractivity contribution is -0.0948. The zero-order valence-electron chi connectivity index (χ0n) is 9.05. The highest BCUT2D eigenvalue weighted by atomic mass is 16.5. The van der Waals surface area contributed by atoms with Gasteiger partial charge in [-0.1, -0.05) is 20.8 Å². The van der Waals surface area contributed by atoms with Gasteiger partial charge in [-0.2, -0.15) is 0 Å². The predicted molar refractivity (Wildman–Crippen MR) is 53.8 cm³/mol. The first kappa shape index (κ1) is 9.47. The standard InChI is InChI=1S/C11H21NO/c1-11(2,3)10-7-12-6-4-5-9(12)8-13-10/h9-10H,4-8H2,1-3H3/t9-,10-/m1/s1. The van der Waals surface area contributed by atoms with E-state index in [2.05, 4.69) is 25.7 Å². The van der Waals surface area contributed by atoms with Gasteiger partial charge in [0.05, 0.1) is 12.7 Å². The zero-order chi connectivity index (χ0) is 9.47. The monoisotopic (exact) mass is 183 g/mol. The molecule has 2 aliphatic heterocycles. The van der Waals surface area contributed by atoms with E-state index in [1.54, 1.807) is 0 Å². The number of morpholine rings is 1. The molecule has 0 aliphatic carbocycles. The molecule has 0 saturated carbocycles. The van der Waals surface area contributed by atoms with Gasteiger partial charge < -0.3 is 4.74 Å². The van der Waals surface area contributed by atoms with Crippen LogP contribution in [0.15, 0.2) is 0 Å². The third-order valence-corrected chi connectivity index (χ3v) is 3.36. The van der Waals surface area contributed by atoms with Crippen LogP contribution in [-0.4, -0.2) is 36.7 Å². The maximum Gasteiger partial charge on any atom is 0.0751 e. The van der Waals surface area contributed by atoms with Gasteiger partial charge in [-0.15, -0.1) is 0 Å². The minimum Gasteiger partial charge on any atom is -0.375 e. The molecule has 0 aromatic heterocycles. The first-order valence-corrected chi connectivity index (χ1v) is 5.43. The summed E-state index contributed by atoms with van der Waals surface area (Å²) in [6, 6.07) is 0.735. The molecule has 2 fully saturated rings. The molecule has 2 saturated heterocycles. The van der Waals surface area contributed by atoms with Crippen molar-refractivity contribution in [1.82, 2.24) is 4.90 Å². The quantitative estimate of drug-likeness (QED) is 0.568. The van der Waals surface area contributed by atoms with E-state index in [9.17, 15) is 0 Å². The van der Waals surface area contributed by atoms with Gasteiger partial charge in [0.15, 0.2) is 0 Å². The Bertz CT molecular complexity index is 185. The van der Waals surface area contributed by atoms with Crippen LogP contribution in [-0.2, 0) is 4.74 Å². The number of fused-ring (bicyclic) bond motifs is 1. The maximum atomic E-state index is 5.91. The van der Waals surface area contributed by atoms with Crippen LogP contribution in [0.2, 0.25) is 0 Å². The molecule has 0 bridgehead atoms. The Balaban J connectivity index is 1.97. The molecule has 0 amide bonds. The number of hydrogen-bond donors (Lipinski definition) is 0. The van der Waals surface area contributed by atoms with Crippen molar-refractivity contribution in [2.45, 2.75) is 45.8 Å². The van der Waals surface area contributed by atoms with Crippen molar-refractivity contribution in [2.24, 2.45) is 5.41 Å². The summed E-state index contributed by atoms with van der Waals surface area (Å²) in [6.45, 7) is 10.2. The second-order valence-corrected chi connectivity index (χ2v) is 5.48. The van der Waals surface area contributed by atoms with Crippen molar-refractivity contribution in [3.05, 3.63) is 0 Å². The number of nitrogens with zero attached hydrogens (tertiary/aromatic N) is 1. The summed E-state index contributed by atoms with van der Waals surface area (Å²) in [6.07, 6.45) is 3.14. The van der Waals surface area contributed by atoms with Gasteiger partial charge in [-0.3, -0.25) is 4.90 Å². The summed E-state index contributed by atoms with van der Waals surface area (Å²) < 4.78 is 5.91. The van der Waals surface area contributed by atoms with Gasteiger partial charge >= 0.3 is 0 Å². The van der Waals surface area contributed by atoms with Gasteiger partial charge in [-0.25, -0.2) is 0 Å². The van der Waals surface area contributed by atoms with Gasteiger partial charge in [0.2, 0.25) is 0 Å². The van der Waals surface area contributed by atoms with E-state index in [1.807, 2.05) is 0 Å². The Morgan fingerprint density at radius 1 is 1.31 bits per heavy atom. The van der Waals surface area contributed by atoms with Crippen molar-refractivity contribution < 1.29 is 4.74 Å². The normalized spacial score (nSPS) is 36.2. The fourth-order valence-electron chi connectivity index (χ4n) is 2.34. The molecule has 2 aliphatic rings. The Hall–Kier alpha value is -0.0800. The highest BCUT2D eigenvalue weighted by molar-refractivity contribution is 4.89. The molecular weight excluding hydrogens is 162 g/mol. The van der Waals surface area contributed by atoms with Crippen LogP contribution in [0.5, 0.6) is 0 Å². The summed E-state index contributed by atoms with van der Waals surface area (Å²) >= 11 is 0. The van der Waals surface area contributed by atoms with Gasteiger partial charge in [0.25, 0.3) is 0 Å². The van der Waals surface area contributed by atoms with E-state index in [0.29, 0.717) is 11.5 Å². The zero-order valence-corrected chi connectivity index (χ0v) is 9.05. The first-order valence-electron chi connectivity index (χ1n) is 5.43. The largest absolute Gasteiger partial charge is 0.375 e. The summed E-state index contributed by atoms with van der Waals surface area (Å²) in [5, 5.41) is 0. The van der Waals surface area contributed by atoms with Crippen LogP contribution in [0.4, 0.5) is 0 Å². The average Bonchev–Trinajstić information content (AvgIpc) is 2.47. The summed E-state index contributed by atoms with van der Waals surface area (Å²) in [5.41, 5.74) is 0.299. The van der Waals surface area contributed by atoms with Gasteiger partial charge in [-0.05, 0) is 24.8 Å². The fraction of sp³-hybridized carbons (Fsp3) is 1.00. The van der Waals surface area contributed by atoms with E-state index < -0.39 is 0 Å². The molecule has 76 valence electrons. The smallest absolute Gasteiger partial charge is 0.0751 e. The predicted octanol–water partition coefficient (Wildman–Crippen LogP) is 1.90. The first-order chi connectivity index (χ1) is 6.07. The molecule has 2 heterocycles. The van der Waals surface area contributed by atoms with Crippen molar-refractivity contribution in [1.29, 1.82) is 0 Å². The molecule has 2 rings (SSSR count). The molecule has 0 spiro atoms. The van der Waals surface area contributed by atoms with Crippen molar-refractivity contribution in [3.8, 4) is 0 Å². The third kappa shape index (κ3) is 1.89. The molecule has 0 radical (unpaired) electrons. The Morgan fingerprint density at radius 3 is 2.77 bits per heavy atom. The van der Waals surface area contributed by atoms with Crippen LogP contribution < -0.4 is 0 Å². The number of rotatable bonds is 0. The van der Waals surface area contributed by atoms with Crippen LogP contribution in [0, 0.1) is 5.41 Å². The van der Waals surface area contributed by atoms with E-state index in [4.69, 9.17) is 4.74 Å². The topological polar surface area (TPSA) is 12.5 Å². The Kier molecular flexibility index (Phi) is 2.37. The molecule has 13 heavy (non-hydrogen) atoms. The molecular formula is C11H21NO. The highest BCUT2D eigenvalue weighted by Gasteiger charge is 2.37. The average molecular weight is 183 g/mol. The van der Waals surface area contributed by atoms with Crippen molar-refractivity contribution >= 4 is 0 Å². The minimum atomic E-state index is 0.299. The van der Waals surface area contributed by atoms with Crippen LogP contribution in [0.25, 0.3) is 0 Å². The second-order valence-electron chi connectivity index (χ2n) is 5.48. The number of ether oxygens (including phenoxy) is 1. The van der Waals surface area contributed by atoms with Gasteiger partial charge in [0, 0.05) is 12.6 Å². The Labute approximate surface area is 81.3 Å². The second kappa shape index (κ2) is 3.25. The minimum absolute atomic E-state index is 0.299. The lowest BCUT2D eigenvalue weighted by Crippen LogP contribution is -2.50. The molecule has 2 nitrogen and oxygen atoms in total. The molecule has 0 unspecified atom stereocenters. The van der Waals surface area contributed by atoms with E-state index in [1.165, 1.54) is 19.4 Å². The molecule has 2 atom stereocenters. The lowest BCUT2D eigenvalue weighted by Gasteiger charge is -2.41. The molecule has 0 aromatic rings. The third-order valence-electron chi connectivity index (χ3n) is 3.36. The van der Waals surface area contributed by atoms with Crippen molar-refractivity contribution in [3.63, 3.8) is 0 Å². The molecule has 0 aromatic carbocycles. The van der Waals surface area contributed by atoms with Crippen molar-refractivity contribution in [2.75, 3.05) is 19.7 Å². The van der Waals surface area contributed by atoms with Crippen LogP contribution in [0.3, 0.4) is 0 Å². The fourth-order valence-corrected chi connectivity index (χ4v) is 2.34. The van der Waals surface area contributed by atoms with E-state index in [-0.39, 0.29) is 0 Å². The maximum absolute atomic E-state index is 5.91. The number of hydrogen-bond acceptors (Lipinski definition) is 2. The van der Waals surface area contributed by atoms with Crippen LogP contribution >= 0.6 is 0 Å². The van der Waals surface area contributed by atoms with E-state index in [0.717, 1.165) is 19.2 Å². The van der Waals surface area contributed by atoms with Gasteiger partial charge in [0.1, 0.15) is 0 Å². The summed E-state index contributed by atoms with van der Waals surface area (Å²) in [7, 11) is 0. The molecule has 2 heteroatoms. The summed E-state index contributed by atoms with van der Waals surface area (Å²) in [4.78, 5) is 2.61. The Morgan fingerprint density at radius 2 is 2.08 bits per heavy atom. The summed E-state index contributed by atoms with van der Waals surface area (Å²) in [5.74, 6) is 0. The van der Waals surface area contributed by atoms with E-state index >= 15 is 0 Å². The lowest BCUT2D eigenvalue weighted by atomic mass is 9.87. The molecule has 0 N–H and O–H groups in total. The van der Waals surface area contributed by atoms with Crippen LogP contribution in [0.1, 0.15) is 33.6 Å². The SMILES string of the molecule is CC(C)(C)[C@H]1CN2CCC[C@@H]2CO1. The highest BCUT2D eigenvalue weighted by Crippen LogP contribution is 2.30.